The Kier molecular flexibility index (Phi) is 4.20. The first-order chi connectivity index (χ1) is 9.66. The number of aryl methyl sites for hydroxylation is 1. The minimum atomic E-state index is -0.406. The summed E-state index contributed by atoms with van der Waals surface area (Å²) in [7, 11) is -0.406. The lowest BCUT2D eigenvalue weighted by molar-refractivity contribution is 0.00578. The van der Waals surface area contributed by atoms with E-state index in [4.69, 9.17) is 20.8 Å². The molecule has 0 amide bonds. The Balaban J connectivity index is 2.31. The summed E-state index contributed by atoms with van der Waals surface area (Å²) >= 11 is 0. The molecule has 5 heteroatoms. The number of nitrogen functional groups attached to an aromatic ring is 1. The van der Waals surface area contributed by atoms with Crippen LogP contribution in [0.5, 0.6) is 0 Å². The van der Waals surface area contributed by atoms with E-state index in [9.17, 15) is 0 Å². The van der Waals surface area contributed by atoms with Crippen LogP contribution < -0.4 is 11.5 Å². The van der Waals surface area contributed by atoms with E-state index < -0.39 is 7.12 Å². The van der Waals surface area contributed by atoms with Gasteiger partial charge in [0.05, 0.1) is 11.2 Å². The van der Waals surface area contributed by atoms with Crippen molar-refractivity contribution in [1.82, 2.24) is 0 Å². The largest absolute Gasteiger partial charge is 0.491 e. The lowest BCUT2D eigenvalue weighted by atomic mass is 9.77. The second-order valence-electron chi connectivity index (χ2n) is 6.63. The van der Waals surface area contributed by atoms with Gasteiger partial charge in [0.25, 0.3) is 0 Å². The van der Waals surface area contributed by atoms with Gasteiger partial charge in [-0.3, -0.25) is 0 Å². The predicted octanol–water partition coefficient (Wildman–Crippen LogP) is 2.55. The highest BCUT2D eigenvalue weighted by atomic mass is 16.7. The number of hydrogen-bond acceptors (Lipinski definition) is 4. The Morgan fingerprint density at radius 1 is 1.19 bits per heavy atom. The van der Waals surface area contributed by atoms with Gasteiger partial charge in [-0.1, -0.05) is 12.1 Å². The van der Waals surface area contributed by atoms with Gasteiger partial charge in [-0.15, -0.1) is 0 Å². The summed E-state index contributed by atoms with van der Waals surface area (Å²) in [4.78, 5) is 0. The third kappa shape index (κ3) is 3.15. The lowest BCUT2D eigenvalue weighted by Gasteiger charge is -2.32. The summed E-state index contributed by atoms with van der Waals surface area (Å²) < 4.78 is 12.1. The summed E-state index contributed by atoms with van der Waals surface area (Å²) in [6.07, 6.45) is 2.04. The van der Waals surface area contributed by atoms with Gasteiger partial charge in [0.15, 0.2) is 0 Å². The van der Waals surface area contributed by atoms with Gasteiger partial charge in [0, 0.05) is 12.2 Å². The van der Waals surface area contributed by atoms with Gasteiger partial charge in [-0.2, -0.15) is 0 Å². The molecule has 1 heterocycles. The van der Waals surface area contributed by atoms with E-state index in [0.717, 1.165) is 22.3 Å². The standard InChI is InChI=1S/C16H25BN2O2/c1-11-8-14(19)7-6-12(11)9-13(10-18)17-20-15(2,3)16(4,5)21-17/h6-9H,10,18-19H2,1-5H3. The maximum atomic E-state index is 6.06. The fraction of sp³-hybridized carbons (Fsp3) is 0.500. The van der Waals surface area contributed by atoms with E-state index in [1.54, 1.807) is 0 Å². The molecule has 0 bridgehead atoms. The summed E-state index contributed by atoms with van der Waals surface area (Å²) in [5, 5.41) is 0. The molecule has 114 valence electrons. The van der Waals surface area contributed by atoms with Crippen molar-refractivity contribution in [3.8, 4) is 0 Å². The Morgan fingerprint density at radius 2 is 1.76 bits per heavy atom. The molecule has 0 radical (unpaired) electrons. The Labute approximate surface area is 127 Å². The third-order valence-electron chi connectivity index (χ3n) is 4.43. The van der Waals surface area contributed by atoms with Gasteiger partial charge < -0.3 is 20.8 Å². The lowest BCUT2D eigenvalue weighted by Crippen LogP contribution is -2.41. The fourth-order valence-corrected chi connectivity index (χ4v) is 2.28. The van der Waals surface area contributed by atoms with Crippen LogP contribution in [-0.4, -0.2) is 24.9 Å². The molecule has 21 heavy (non-hydrogen) atoms. The van der Waals surface area contributed by atoms with E-state index in [0.29, 0.717) is 6.54 Å². The average Bonchev–Trinajstić information content (AvgIpc) is 2.57. The molecular formula is C16H25BN2O2. The molecule has 4 N–H and O–H groups in total. The molecule has 1 fully saturated rings. The van der Waals surface area contributed by atoms with Crippen molar-refractivity contribution in [2.45, 2.75) is 45.8 Å². The summed E-state index contributed by atoms with van der Waals surface area (Å²) in [6.45, 7) is 10.6. The first kappa shape index (κ1) is 16.1. The van der Waals surface area contributed by atoms with Crippen LogP contribution in [0.25, 0.3) is 6.08 Å². The number of rotatable bonds is 3. The molecule has 1 aliphatic heterocycles. The van der Waals surface area contributed by atoms with Gasteiger partial charge in [-0.25, -0.2) is 0 Å². The van der Waals surface area contributed by atoms with Crippen molar-refractivity contribution in [2.75, 3.05) is 12.3 Å². The van der Waals surface area contributed by atoms with Crippen LogP contribution in [0.15, 0.2) is 23.7 Å². The molecule has 0 spiro atoms. The average molecular weight is 288 g/mol. The molecular weight excluding hydrogens is 263 g/mol. The number of nitrogens with two attached hydrogens (primary N) is 2. The molecule has 2 rings (SSSR count). The Morgan fingerprint density at radius 3 is 2.24 bits per heavy atom. The summed E-state index contributed by atoms with van der Waals surface area (Å²) in [6, 6.07) is 5.83. The fourth-order valence-electron chi connectivity index (χ4n) is 2.28. The van der Waals surface area contributed by atoms with Crippen molar-refractivity contribution in [1.29, 1.82) is 0 Å². The van der Waals surface area contributed by atoms with Gasteiger partial charge >= 0.3 is 7.12 Å². The first-order valence-corrected chi connectivity index (χ1v) is 7.28. The first-order valence-electron chi connectivity index (χ1n) is 7.28. The van der Waals surface area contributed by atoms with Crippen molar-refractivity contribution in [2.24, 2.45) is 5.73 Å². The molecule has 0 aromatic heterocycles. The zero-order chi connectivity index (χ0) is 15.8. The number of benzene rings is 1. The van der Waals surface area contributed by atoms with Crippen molar-refractivity contribution in [3.63, 3.8) is 0 Å². The maximum Gasteiger partial charge on any atom is 0.491 e. The van der Waals surface area contributed by atoms with Crippen molar-refractivity contribution < 1.29 is 9.31 Å². The van der Waals surface area contributed by atoms with Crippen LogP contribution in [0, 0.1) is 6.92 Å². The molecule has 1 saturated heterocycles. The minimum Gasteiger partial charge on any atom is -0.400 e. The van der Waals surface area contributed by atoms with Crippen LogP contribution in [0.1, 0.15) is 38.8 Å². The molecule has 0 saturated carbocycles. The Hall–Kier alpha value is -1.30. The van der Waals surface area contributed by atoms with Gasteiger partial charge in [-0.05, 0) is 63.4 Å². The van der Waals surface area contributed by atoms with Crippen LogP contribution in [0.2, 0.25) is 0 Å². The highest BCUT2D eigenvalue weighted by Gasteiger charge is 2.52. The second-order valence-corrected chi connectivity index (χ2v) is 6.63. The topological polar surface area (TPSA) is 70.5 Å². The normalized spacial score (nSPS) is 20.9. The van der Waals surface area contributed by atoms with E-state index in [-0.39, 0.29) is 11.2 Å². The highest BCUT2D eigenvalue weighted by molar-refractivity contribution is 6.55. The summed E-state index contributed by atoms with van der Waals surface area (Å²) in [5.41, 5.74) is 14.9. The molecule has 1 aromatic carbocycles. The number of hydrogen-bond donors (Lipinski definition) is 2. The monoisotopic (exact) mass is 288 g/mol. The van der Waals surface area contributed by atoms with Crippen LogP contribution >= 0.6 is 0 Å². The Bertz CT molecular complexity index is 551. The van der Waals surface area contributed by atoms with Crippen molar-refractivity contribution >= 4 is 18.9 Å². The van der Waals surface area contributed by atoms with E-state index in [2.05, 4.69) is 0 Å². The summed E-state index contributed by atoms with van der Waals surface area (Å²) in [5.74, 6) is 0. The van der Waals surface area contributed by atoms with E-state index in [1.807, 2.05) is 58.9 Å². The third-order valence-corrected chi connectivity index (χ3v) is 4.43. The molecule has 0 unspecified atom stereocenters. The van der Waals surface area contributed by atoms with Crippen LogP contribution in [0.4, 0.5) is 5.69 Å². The minimum absolute atomic E-state index is 0.359. The van der Waals surface area contributed by atoms with E-state index >= 15 is 0 Å². The molecule has 1 aliphatic rings. The molecule has 0 atom stereocenters. The molecule has 4 nitrogen and oxygen atoms in total. The molecule has 0 aliphatic carbocycles. The highest BCUT2D eigenvalue weighted by Crippen LogP contribution is 2.38. The van der Waals surface area contributed by atoms with Crippen LogP contribution in [0.3, 0.4) is 0 Å². The second kappa shape index (κ2) is 5.48. The maximum absolute atomic E-state index is 6.06. The zero-order valence-corrected chi connectivity index (χ0v) is 13.6. The molecule has 1 aromatic rings. The van der Waals surface area contributed by atoms with Crippen LogP contribution in [-0.2, 0) is 9.31 Å². The SMILES string of the molecule is Cc1cc(N)ccc1C=C(CN)B1OC(C)(C)C(C)(C)O1. The van der Waals surface area contributed by atoms with Gasteiger partial charge in [0.1, 0.15) is 0 Å². The van der Waals surface area contributed by atoms with Crippen molar-refractivity contribution in [3.05, 3.63) is 34.8 Å². The predicted molar refractivity (Wildman–Crippen MR) is 88.7 cm³/mol. The smallest absolute Gasteiger partial charge is 0.400 e. The van der Waals surface area contributed by atoms with Gasteiger partial charge in [0.2, 0.25) is 0 Å². The van der Waals surface area contributed by atoms with E-state index in [1.165, 1.54) is 0 Å². The number of anilines is 1. The quantitative estimate of drug-likeness (QED) is 0.662. The zero-order valence-electron chi connectivity index (χ0n) is 13.6.